The van der Waals surface area contributed by atoms with Crippen LogP contribution in [0.2, 0.25) is 0 Å². The van der Waals surface area contributed by atoms with Crippen LogP contribution in [0.3, 0.4) is 0 Å². The molecule has 1 unspecified atom stereocenters. The van der Waals surface area contributed by atoms with Gasteiger partial charge in [0.1, 0.15) is 6.04 Å². The lowest BCUT2D eigenvalue weighted by Crippen LogP contribution is -2.52. The Balaban J connectivity index is 1.43. The molecule has 0 radical (unpaired) electrons. The van der Waals surface area contributed by atoms with Crippen molar-refractivity contribution in [2.24, 2.45) is 0 Å². The van der Waals surface area contributed by atoms with Crippen LogP contribution in [-0.4, -0.2) is 33.6 Å². The molecule has 0 spiro atoms. The summed E-state index contributed by atoms with van der Waals surface area (Å²) in [6, 6.07) is 7.37. The molecule has 6 nitrogen and oxygen atoms in total. The molecule has 28 heavy (non-hydrogen) atoms. The predicted molar refractivity (Wildman–Crippen MR) is 102 cm³/mol. The van der Waals surface area contributed by atoms with Crippen LogP contribution in [0.5, 0.6) is 0 Å². The fourth-order valence-electron chi connectivity index (χ4n) is 4.51. The molecule has 0 bridgehead atoms. The maximum absolute atomic E-state index is 12.8. The van der Waals surface area contributed by atoms with Crippen molar-refractivity contribution in [3.05, 3.63) is 52.7 Å². The normalized spacial score (nSPS) is 21.4. The van der Waals surface area contributed by atoms with E-state index in [1.807, 2.05) is 24.4 Å². The van der Waals surface area contributed by atoms with Crippen LogP contribution in [0.25, 0.3) is 11.3 Å². The summed E-state index contributed by atoms with van der Waals surface area (Å²) in [4.78, 5) is 42.6. The molecule has 1 N–H and O–H groups in total. The van der Waals surface area contributed by atoms with Gasteiger partial charge < -0.3 is 4.90 Å². The van der Waals surface area contributed by atoms with E-state index in [0.717, 1.165) is 29.7 Å². The van der Waals surface area contributed by atoms with Crippen LogP contribution in [-0.2, 0) is 29.0 Å². The minimum absolute atomic E-state index is 0.144. The topological polar surface area (TPSA) is 79.4 Å². The molecule has 3 heterocycles. The monoisotopic (exact) mass is 375 g/mol. The van der Waals surface area contributed by atoms with Gasteiger partial charge in [0, 0.05) is 30.3 Å². The number of fused-ring (bicyclic) bond motifs is 2. The fraction of sp³-hybridized carbons (Fsp3) is 0.364. The summed E-state index contributed by atoms with van der Waals surface area (Å²) in [7, 11) is 0. The van der Waals surface area contributed by atoms with E-state index >= 15 is 0 Å². The van der Waals surface area contributed by atoms with Crippen molar-refractivity contribution < 1.29 is 14.4 Å². The Kier molecular flexibility index (Phi) is 4.00. The second-order valence-corrected chi connectivity index (χ2v) is 7.82. The lowest BCUT2D eigenvalue weighted by Gasteiger charge is -2.29. The van der Waals surface area contributed by atoms with Crippen LogP contribution in [0.1, 0.15) is 52.7 Å². The number of hydrogen-bond donors (Lipinski definition) is 1. The van der Waals surface area contributed by atoms with Gasteiger partial charge in [0.15, 0.2) is 0 Å². The minimum Gasteiger partial charge on any atom is -0.322 e. The molecule has 1 atom stereocenters. The Morgan fingerprint density at radius 3 is 2.61 bits per heavy atom. The Labute approximate surface area is 162 Å². The van der Waals surface area contributed by atoms with Gasteiger partial charge in [-0.2, -0.15) is 0 Å². The predicted octanol–water partition coefficient (Wildman–Crippen LogP) is 2.39. The van der Waals surface area contributed by atoms with E-state index in [2.05, 4.69) is 16.4 Å². The van der Waals surface area contributed by atoms with Crippen molar-refractivity contribution in [3.8, 4) is 11.3 Å². The van der Waals surface area contributed by atoms with E-state index in [-0.39, 0.29) is 24.1 Å². The molecule has 3 amide bonds. The van der Waals surface area contributed by atoms with E-state index < -0.39 is 6.04 Å². The number of carbonyl (C=O) groups excluding carboxylic acids is 3. The molecule has 2 aliphatic heterocycles. The third kappa shape index (κ3) is 2.80. The lowest BCUT2D eigenvalue weighted by atomic mass is 9.92. The standard InChI is InChI=1S/C22H21N3O3/c26-20-8-7-19(21(27)24-20)25-12-16-9-14(5-6-17(16)22(25)28)18-10-13-3-1-2-4-15(13)11-23-18/h5-6,9-11,19H,1-4,7-8,12H2,(H,24,26,27). The first-order valence-corrected chi connectivity index (χ1v) is 9.86. The number of carbonyl (C=O) groups is 3. The summed E-state index contributed by atoms with van der Waals surface area (Å²) in [5.41, 5.74) is 6.17. The molecule has 142 valence electrons. The molecular weight excluding hydrogens is 354 g/mol. The fourth-order valence-corrected chi connectivity index (χ4v) is 4.51. The summed E-state index contributed by atoms with van der Waals surface area (Å²) < 4.78 is 0. The van der Waals surface area contributed by atoms with Gasteiger partial charge >= 0.3 is 0 Å². The third-order valence-electron chi connectivity index (χ3n) is 6.04. The van der Waals surface area contributed by atoms with E-state index in [9.17, 15) is 14.4 Å². The summed E-state index contributed by atoms with van der Waals surface area (Å²) in [6.45, 7) is 0.388. The van der Waals surface area contributed by atoms with Crippen molar-refractivity contribution in [1.82, 2.24) is 15.2 Å². The SMILES string of the molecule is O=C1CCC(N2Cc3cc(-c4cc5c(cn4)CCCC5)ccc3C2=O)C(=O)N1. The number of rotatable bonds is 2. The molecule has 2 aromatic rings. The quantitative estimate of drug-likeness (QED) is 0.818. The highest BCUT2D eigenvalue weighted by Crippen LogP contribution is 2.32. The van der Waals surface area contributed by atoms with Gasteiger partial charge in [-0.1, -0.05) is 6.07 Å². The van der Waals surface area contributed by atoms with Crippen LogP contribution in [0.15, 0.2) is 30.5 Å². The molecular formula is C22H21N3O3. The van der Waals surface area contributed by atoms with Crippen molar-refractivity contribution in [2.45, 2.75) is 51.1 Å². The number of hydrogen-bond acceptors (Lipinski definition) is 4. The number of pyridine rings is 1. The highest BCUT2D eigenvalue weighted by Gasteiger charge is 2.39. The Bertz CT molecular complexity index is 1010. The van der Waals surface area contributed by atoms with Gasteiger partial charge in [-0.05, 0) is 67.0 Å². The molecule has 0 saturated carbocycles. The molecule has 1 aromatic carbocycles. The Morgan fingerprint density at radius 2 is 1.79 bits per heavy atom. The average molecular weight is 375 g/mol. The summed E-state index contributed by atoms with van der Waals surface area (Å²) >= 11 is 0. The van der Waals surface area contributed by atoms with Gasteiger partial charge in [-0.3, -0.25) is 24.7 Å². The number of aryl methyl sites for hydroxylation is 2. The molecule has 6 heteroatoms. The molecule has 3 aliphatic rings. The largest absolute Gasteiger partial charge is 0.322 e. The van der Waals surface area contributed by atoms with Crippen molar-refractivity contribution in [3.63, 3.8) is 0 Å². The second kappa shape index (κ2) is 6.55. The number of nitrogens with one attached hydrogen (secondary N) is 1. The zero-order valence-electron chi connectivity index (χ0n) is 15.5. The first-order valence-electron chi connectivity index (χ1n) is 9.86. The van der Waals surface area contributed by atoms with Crippen LogP contribution < -0.4 is 5.32 Å². The maximum atomic E-state index is 12.8. The lowest BCUT2D eigenvalue weighted by molar-refractivity contribution is -0.136. The summed E-state index contributed by atoms with van der Waals surface area (Å²) in [5.74, 6) is -0.797. The minimum atomic E-state index is -0.581. The molecule has 1 aliphatic carbocycles. The zero-order valence-corrected chi connectivity index (χ0v) is 15.5. The molecule has 1 fully saturated rings. The van der Waals surface area contributed by atoms with E-state index in [4.69, 9.17) is 0 Å². The number of amides is 3. The van der Waals surface area contributed by atoms with Gasteiger partial charge in [0.2, 0.25) is 11.8 Å². The van der Waals surface area contributed by atoms with E-state index in [1.54, 1.807) is 4.90 Å². The number of benzene rings is 1. The summed E-state index contributed by atoms with van der Waals surface area (Å²) in [5, 5.41) is 2.34. The van der Waals surface area contributed by atoms with Crippen molar-refractivity contribution in [1.29, 1.82) is 0 Å². The Morgan fingerprint density at radius 1 is 0.964 bits per heavy atom. The highest BCUT2D eigenvalue weighted by atomic mass is 16.2. The van der Waals surface area contributed by atoms with E-state index in [0.29, 0.717) is 18.5 Å². The van der Waals surface area contributed by atoms with Gasteiger partial charge in [-0.25, -0.2) is 0 Å². The van der Waals surface area contributed by atoms with Gasteiger partial charge in [0.05, 0.1) is 5.69 Å². The zero-order chi connectivity index (χ0) is 19.3. The Hall–Kier alpha value is -3.02. The number of nitrogens with zero attached hydrogens (tertiary/aromatic N) is 2. The first kappa shape index (κ1) is 17.1. The van der Waals surface area contributed by atoms with Crippen molar-refractivity contribution >= 4 is 17.7 Å². The van der Waals surface area contributed by atoms with Gasteiger partial charge in [0.25, 0.3) is 5.91 Å². The van der Waals surface area contributed by atoms with Crippen LogP contribution >= 0.6 is 0 Å². The van der Waals surface area contributed by atoms with Crippen molar-refractivity contribution in [2.75, 3.05) is 0 Å². The third-order valence-corrected chi connectivity index (χ3v) is 6.04. The molecule has 5 rings (SSSR count). The average Bonchev–Trinajstić information content (AvgIpc) is 3.03. The number of piperidine rings is 1. The highest BCUT2D eigenvalue weighted by molar-refractivity contribution is 6.05. The molecule has 1 aromatic heterocycles. The first-order chi connectivity index (χ1) is 13.6. The van der Waals surface area contributed by atoms with Crippen LogP contribution in [0.4, 0.5) is 0 Å². The number of aromatic nitrogens is 1. The smallest absolute Gasteiger partial charge is 0.255 e. The van der Waals surface area contributed by atoms with Gasteiger partial charge in [-0.15, -0.1) is 0 Å². The molecule has 1 saturated heterocycles. The van der Waals surface area contributed by atoms with E-state index in [1.165, 1.54) is 24.0 Å². The summed E-state index contributed by atoms with van der Waals surface area (Å²) in [6.07, 6.45) is 7.27. The second-order valence-electron chi connectivity index (χ2n) is 7.82. The maximum Gasteiger partial charge on any atom is 0.255 e. The number of imide groups is 1. The van der Waals surface area contributed by atoms with Crippen LogP contribution in [0, 0.1) is 0 Å².